The summed E-state index contributed by atoms with van der Waals surface area (Å²) in [5, 5.41) is 32.4. The maximum atomic E-state index is 13.3. The molecule has 1 fully saturated rings. The fourth-order valence-corrected chi connectivity index (χ4v) is 3.62. The number of rotatable bonds is 6. The highest BCUT2D eigenvalue weighted by molar-refractivity contribution is 5.61. The Labute approximate surface area is 191 Å². The predicted molar refractivity (Wildman–Crippen MR) is 112 cm³/mol. The van der Waals surface area contributed by atoms with E-state index in [2.05, 4.69) is 20.3 Å². The second-order valence-corrected chi connectivity index (χ2v) is 8.03. The van der Waals surface area contributed by atoms with E-state index >= 15 is 0 Å². The average Bonchev–Trinajstić information content (AvgIpc) is 3.35. The lowest BCUT2D eigenvalue weighted by atomic mass is 10.0. The van der Waals surface area contributed by atoms with Crippen molar-refractivity contribution in [1.82, 2.24) is 24.9 Å². The number of aliphatic hydroxyl groups is 2. The summed E-state index contributed by atoms with van der Waals surface area (Å²) in [5.41, 5.74) is -1.78. The van der Waals surface area contributed by atoms with Crippen molar-refractivity contribution in [3.05, 3.63) is 58.6 Å². The second-order valence-electron chi connectivity index (χ2n) is 8.03. The molecule has 0 spiro atoms. The molecule has 0 amide bonds. The van der Waals surface area contributed by atoms with Gasteiger partial charge in [0, 0.05) is 12.6 Å². The summed E-state index contributed by atoms with van der Waals surface area (Å²) in [7, 11) is 1.65. The molecule has 1 aromatic carbocycles. The predicted octanol–water partition coefficient (Wildman–Crippen LogP) is 1.05. The minimum atomic E-state index is -4.83. The molecule has 1 aliphatic rings. The third-order valence-electron chi connectivity index (χ3n) is 5.27. The van der Waals surface area contributed by atoms with E-state index in [9.17, 15) is 28.2 Å². The molecule has 2 aromatic heterocycles. The summed E-state index contributed by atoms with van der Waals surface area (Å²) >= 11 is 0. The van der Waals surface area contributed by atoms with Crippen LogP contribution in [0.5, 0.6) is 5.75 Å². The van der Waals surface area contributed by atoms with Crippen LogP contribution in [0.3, 0.4) is 0 Å². The maximum absolute atomic E-state index is 13.3. The highest BCUT2D eigenvalue weighted by Crippen LogP contribution is 2.27. The van der Waals surface area contributed by atoms with Crippen molar-refractivity contribution >= 4 is 0 Å². The van der Waals surface area contributed by atoms with Gasteiger partial charge in [-0.3, -0.25) is 14.8 Å². The van der Waals surface area contributed by atoms with Gasteiger partial charge < -0.3 is 19.7 Å². The Balaban J connectivity index is 1.78. The van der Waals surface area contributed by atoms with Crippen molar-refractivity contribution in [2.75, 3.05) is 13.2 Å². The molecule has 0 saturated carbocycles. The summed E-state index contributed by atoms with van der Waals surface area (Å²) in [6, 6.07) is 5.64. The summed E-state index contributed by atoms with van der Waals surface area (Å²) in [6.45, 7) is 1.57. The van der Waals surface area contributed by atoms with Crippen LogP contribution < -0.4 is 15.6 Å². The lowest BCUT2D eigenvalue weighted by Crippen LogP contribution is -2.53. The van der Waals surface area contributed by atoms with E-state index in [0.717, 1.165) is 16.8 Å². The van der Waals surface area contributed by atoms with Crippen molar-refractivity contribution in [2.45, 2.75) is 31.2 Å². The largest absolute Gasteiger partial charge is 0.573 e. The standard InChI is InChI=1S/C21H22F3N5O5/c1-20(32,26-17-10-33-11-18(17)30)15-7-16(12-3-5-14(6-4-12)34-21(22,23)24)27-29(19(15)31)13-8-25-28(2)9-13/h3-9,17-18,26,30,32H,10-11H2,1-2H3/t17-,18+,20?/m1/s1. The van der Waals surface area contributed by atoms with Crippen LogP contribution in [0.25, 0.3) is 16.9 Å². The van der Waals surface area contributed by atoms with E-state index in [0.29, 0.717) is 11.3 Å². The first-order valence-electron chi connectivity index (χ1n) is 10.2. The number of alkyl halides is 3. The zero-order valence-corrected chi connectivity index (χ0v) is 18.2. The molecule has 1 aliphatic heterocycles. The number of hydrogen-bond donors (Lipinski definition) is 3. The van der Waals surface area contributed by atoms with Crippen LogP contribution in [0.2, 0.25) is 0 Å². The Morgan fingerprint density at radius 3 is 2.50 bits per heavy atom. The van der Waals surface area contributed by atoms with Gasteiger partial charge in [0.2, 0.25) is 0 Å². The number of aryl methyl sites for hydroxylation is 1. The molecule has 3 aromatic rings. The molecular formula is C21H22F3N5O5. The van der Waals surface area contributed by atoms with E-state index in [4.69, 9.17) is 4.74 Å². The van der Waals surface area contributed by atoms with Crippen molar-refractivity contribution in [3.63, 3.8) is 0 Å². The minimum absolute atomic E-state index is 0.0849. The van der Waals surface area contributed by atoms with E-state index in [1.165, 1.54) is 36.0 Å². The number of ether oxygens (including phenoxy) is 2. The molecule has 182 valence electrons. The van der Waals surface area contributed by atoms with Crippen LogP contribution in [-0.4, -0.2) is 61.5 Å². The average molecular weight is 481 g/mol. The van der Waals surface area contributed by atoms with Gasteiger partial charge in [0.15, 0.2) is 0 Å². The smallest absolute Gasteiger partial charge is 0.406 e. The fraction of sp³-hybridized carbons (Fsp3) is 0.381. The fourth-order valence-electron chi connectivity index (χ4n) is 3.62. The van der Waals surface area contributed by atoms with Gasteiger partial charge in [-0.2, -0.15) is 14.9 Å². The van der Waals surface area contributed by atoms with E-state index in [1.54, 1.807) is 13.2 Å². The van der Waals surface area contributed by atoms with Gasteiger partial charge in [0.05, 0.1) is 49.0 Å². The number of hydrogen-bond acceptors (Lipinski definition) is 8. The minimum Gasteiger partial charge on any atom is -0.406 e. The molecule has 10 nitrogen and oxygen atoms in total. The highest BCUT2D eigenvalue weighted by Gasteiger charge is 2.36. The van der Waals surface area contributed by atoms with Crippen molar-refractivity contribution in [2.24, 2.45) is 7.05 Å². The van der Waals surface area contributed by atoms with Gasteiger partial charge in [-0.05, 0) is 37.3 Å². The molecule has 3 atom stereocenters. The van der Waals surface area contributed by atoms with Crippen LogP contribution in [0, 0.1) is 0 Å². The second kappa shape index (κ2) is 8.83. The number of nitrogens with zero attached hydrogens (tertiary/aromatic N) is 4. The Kier molecular flexibility index (Phi) is 6.20. The van der Waals surface area contributed by atoms with Gasteiger partial charge in [-0.1, -0.05) is 0 Å². The summed E-state index contributed by atoms with van der Waals surface area (Å²) in [6.07, 6.45) is -2.77. The summed E-state index contributed by atoms with van der Waals surface area (Å²) in [5.74, 6) is -0.416. The number of nitrogens with one attached hydrogen (secondary N) is 1. The van der Waals surface area contributed by atoms with Gasteiger partial charge in [0.25, 0.3) is 5.56 Å². The van der Waals surface area contributed by atoms with E-state index in [1.807, 2.05) is 0 Å². The molecule has 0 aliphatic carbocycles. The maximum Gasteiger partial charge on any atom is 0.573 e. The molecule has 0 radical (unpaired) electrons. The Morgan fingerprint density at radius 1 is 1.24 bits per heavy atom. The monoisotopic (exact) mass is 481 g/mol. The van der Waals surface area contributed by atoms with Crippen LogP contribution in [0.4, 0.5) is 13.2 Å². The molecule has 1 unspecified atom stereocenters. The quantitative estimate of drug-likeness (QED) is 0.447. The Hall–Kier alpha value is -3.26. The Morgan fingerprint density at radius 2 is 1.94 bits per heavy atom. The van der Waals surface area contributed by atoms with Gasteiger partial charge in [-0.25, -0.2) is 0 Å². The Bertz CT molecular complexity index is 1220. The van der Waals surface area contributed by atoms with Gasteiger partial charge in [-0.15, -0.1) is 13.2 Å². The molecular weight excluding hydrogens is 459 g/mol. The van der Waals surface area contributed by atoms with Crippen LogP contribution >= 0.6 is 0 Å². The first kappa shape index (κ1) is 23.9. The molecule has 34 heavy (non-hydrogen) atoms. The topological polar surface area (TPSA) is 124 Å². The lowest BCUT2D eigenvalue weighted by molar-refractivity contribution is -0.274. The van der Waals surface area contributed by atoms with Crippen LogP contribution in [-0.2, 0) is 17.5 Å². The van der Waals surface area contributed by atoms with Crippen LogP contribution in [0.15, 0.2) is 47.5 Å². The van der Waals surface area contributed by atoms with E-state index in [-0.39, 0.29) is 24.5 Å². The van der Waals surface area contributed by atoms with Crippen molar-refractivity contribution in [1.29, 1.82) is 0 Å². The summed E-state index contributed by atoms with van der Waals surface area (Å²) in [4.78, 5) is 13.3. The zero-order chi connectivity index (χ0) is 24.7. The third kappa shape index (κ3) is 5.12. The van der Waals surface area contributed by atoms with E-state index < -0.39 is 35.5 Å². The number of aromatic nitrogens is 4. The lowest BCUT2D eigenvalue weighted by Gasteiger charge is -2.29. The van der Waals surface area contributed by atoms with Crippen molar-refractivity contribution in [3.8, 4) is 22.7 Å². The molecule has 0 bridgehead atoms. The van der Waals surface area contributed by atoms with Crippen molar-refractivity contribution < 1.29 is 32.9 Å². The van der Waals surface area contributed by atoms with Crippen LogP contribution in [0.1, 0.15) is 12.5 Å². The first-order chi connectivity index (χ1) is 15.9. The molecule has 13 heteroatoms. The summed E-state index contributed by atoms with van der Waals surface area (Å²) < 4.78 is 49.1. The van der Waals surface area contributed by atoms with Gasteiger partial charge in [0.1, 0.15) is 17.2 Å². The number of benzene rings is 1. The number of halogens is 3. The first-order valence-corrected chi connectivity index (χ1v) is 10.2. The number of aliphatic hydroxyl groups excluding tert-OH is 1. The molecule has 4 rings (SSSR count). The molecule has 1 saturated heterocycles. The third-order valence-corrected chi connectivity index (χ3v) is 5.27. The normalized spacial score (nSPS) is 20.3. The SMILES string of the molecule is Cn1cc(-n2nc(-c3ccc(OC(F)(F)F)cc3)cc(C(C)(O)N[C@@H]3COC[C@@H]3O)c2=O)cn1. The van der Waals surface area contributed by atoms with Gasteiger partial charge >= 0.3 is 6.36 Å². The zero-order valence-electron chi connectivity index (χ0n) is 18.2. The molecule has 3 heterocycles. The molecule has 3 N–H and O–H groups in total. The highest BCUT2D eigenvalue weighted by atomic mass is 19.4.